The molecule has 2 nitrogen and oxygen atoms in total. The van der Waals surface area contributed by atoms with E-state index in [1.807, 2.05) is 6.07 Å². The molecule has 1 aromatic carbocycles. The highest BCUT2D eigenvalue weighted by Gasteiger charge is 2.08. The van der Waals surface area contributed by atoms with E-state index in [9.17, 15) is 4.79 Å². The van der Waals surface area contributed by atoms with E-state index in [1.165, 1.54) is 11.8 Å². The van der Waals surface area contributed by atoms with Crippen molar-refractivity contribution in [3.8, 4) is 0 Å². The van der Waals surface area contributed by atoms with Gasteiger partial charge < -0.3 is 4.42 Å². The van der Waals surface area contributed by atoms with Crippen molar-refractivity contribution in [2.24, 2.45) is 0 Å². The molecule has 5 heteroatoms. The summed E-state index contributed by atoms with van der Waals surface area (Å²) < 4.78 is 5.22. The van der Waals surface area contributed by atoms with Gasteiger partial charge in [-0.25, -0.2) is 0 Å². The molecule has 2 aromatic rings. The molecule has 0 bridgehead atoms. The van der Waals surface area contributed by atoms with Gasteiger partial charge in [0.1, 0.15) is 0 Å². The number of hydrogen-bond acceptors (Lipinski definition) is 3. The Labute approximate surface area is 107 Å². The highest BCUT2D eigenvalue weighted by atomic mass is 35.5. The van der Waals surface area contributed by atoms with E-state index in [2.05, 4.69) is 0 Å². The number of benzene rings is 1. The summed E-state index contributed by atoms with van der Waals surface area (Å²) in [6.07, 6.45) is 0.656. The number of carbonyl (C=O) groups excluding carboxylic acids is 1. The number of furan rings is 1. The van der Waals surface area contributed by atoms with Crippen LogP contribution < -0.4 is 0 Å². The smallest absolute Gasteiger partial charge is 0.185 e. The zero-order valence-corrected chi connectivity index (χ0v) is 10.3. The summed E-state index contributed by atoms with van der Waals surface area (Å²) >= 11 is 13.2. The molecule has 0 aliphatic carbocycles. The predicted octanol–water partition coefficient (Wildman–Crippen LogP) is 4.55. The number of hydrogen-bond donors (Lipinski definition) is 0. The summed E-state index contributed by atoms with van der Waals surface area (Å²) in [6.45, 7) is 0. The Morgan fingerprint density at radius 1 is 1.19 bits per heavy atom. The molecule has 82 valence electrons. The van der Waals surface area contributed by atoms with Crippen LogP contribution in [-0.4, -0.2) is 6.29 Å². The molecule has 0 aliphatic heterocycles. The molecule has 0 saturated heterocycles. The fourth-order valence-corrected chi connectivity index (χ4v) is 2.43. The molecule has 0 radical (unpaired) electrons. The van der Waals surface area contributed by atoms with Crippen LogP contribution in [0, 0.1) is 0 Å². The molecule has 0 saturated carbocycles. The van der Waals surface area contributed by atoms with Gasteiger partial charge in [0.15, 0.2) is 17.1 Å². The Kier molecular flexibility index (Phi) is 3.59. The first-order valence-corrected chi connectivity index (χ1v) is 5.95. The lowest BCUT2D eigenvalue weighted by Gasteiger charge is -2.02. The Bertz CT molecular complexity index is 522. The van der Waals surface area contributed by atoms with Crippen LogP contribution in [-0.2, 0) is 0 Å². The van der Waals surface area contributed by atoms with Crippen LogP contribution in [0.3, 0.4) is 0 Å². The van der Waals surface area contributed by atoms with Crippen molar-refractivity contribution < 1.29 is 9.21 Å². The van der Waals surface area contributed by atoms with Crippen LogP contribution in [0.4, 0.5) is 0 Å². The van der Waals surface area contributed by atoms with Gasteiger partial charge in [-0.3, -0.25) is 4.79 Å². The van der Waals surface area contributed by atoms with Crippen LogP contribution in [0.15, 0.2) is 44.7 Å². The first-order chi connectivity index (χ1) is 7.70. The average molecular weight is 273 g/mol. The van der Waals surface area contributed by atoms with E-state index in [0.29, 0.717) is 27.2 Å². The average Bonchev–Trinajstić information content (AvgIpc) is 2.73. The summed E-state index contributed by atoms with van der Waals surface area (Å²) in [5.41, 5.74) is 0. The van der Waals surface area contributed by atoms with Gasteiger partial charge in [-0.05, 0) is 24.3 Å². The molecular formula is C11H6Cl2O2S. The molecule has 0 aliphatic rings. The predicted molar refractivity (Wildman–Crippen MR) is 64.7 cm³/mol. The third kappa shape index (κ3) is 2.43. The van der Waals surface area contributed by atoms with Crippen LogP contribution in [0.1, 0.15) is 10.6 Å². The van der Waals surface area contributed by atoms with Gasteiger partial charge in [-0.1, -0.05) is 41.0 Å². The maximum Gasteiger partial charge on any atom is 0.185 e. The van der Waals surface area contributed by atoms with Crippen molar-refractivity contribution in [2.45, 2.75) is 9.99 Å². The second-order valence-corrected chi connectivity index (χ2v) is 4.76. The van der Waals surface area contributed by atoms with Gasteiger partial charge in [-0.15, -0.1) is 0 Å². The van der Waals surface area contributed by atoms with Gasteiger partial charge in [-0.2, -0.15) is 0 Å². The maximum absolute atomic E-state index is 10.4. The quantitative estimate of drug-likeness (QED) is 0.768. The minimum atomic E-state index is 0.292. The highest BCUT2D eigenvalue weighted by molar-refractivity contribution is 7.99. The Balaban J connectivity index is 2.26. The third-order valence-electron chi connectivity index (χ3n) is 1.84. The zero-order chi connectivity index (χ0) is 11.5. The largest absolute Gasteiger partial charge is 0.447 e. The van der Waals surface area contributed by atoms with Crippen molar-refractivity contribution in [3.63, 3.8) is 0 Å². The molecule has 1 heterocycles. The topological polar surface area (TPSA) is 30.2 Å². The fourth-order valence-electron chi connectivity index (χ4n) is 1.12. The Morgan fingerprint density at radius 2 is 2.00 bits per heavy atom. The lowest BCUT2D eigenvalue weighted by Crippen LogP contribution is -1.75. The number of halogens is 2. The summed E-state index contributed by atoms with van der Waals surface area (Å²) in [5, 5.41) is 1.58. The zero-order valence-electron chi connectivity index (χ0n) is 7.94. The van der Waals surface area contributed by atoms with Gasteiger partial charge in [0.25, 0.3) is 0 Å². The van der Waals surface area contributed by atoms with Crippen molar-refractivity contribution >= 4 is 41.2 Å². The first-order valence-electron chi connectivity index (χ1n) is 4.37. The molecule has 0 amide bonds. The molecule has 16 heavy (non-hydrogen) atoms. The van der Waals surface area contributed by atoms with Crippen LogP contribution in [0.25, 0.3) is 0 Å². The lowest BCUT2D eigenvalue weighted by atomic mass is 10.4. The van der Waals surface area contributed by atoms with E-state index in [1.54, 1.807) is 24.3 Å². The van der Waals surface area contributed by atoms with Crippen molar-refractivity contribution in [1.29, 1.82) is 0 Å². The van der Waals surface area contributed by atoms with E-state index in [-0.39, 0.29) is 0 Å². The van der Waals surface area contributed by atoms with Crippen molar-refractivity contribution in [3.05, 3.63) is 46.1 Å². The summed E-state index contributed by atoms with van der Waals surface area (Å²) in [6, 6.07) is 8.68. The molecule has 0 N–H and O–H groups in total. The Morgan fingerprint density at radius 3 is 2.69 bits per heavy atom. The summed E-state index contributed by atoms with van der Waals surface area (Å²) in [5.74, 6) is 0.292. The maximum atomic E-state index is 10.4. The van der Waals surface area contributed by atoms with Crippen molar-refractivity contribution in [2.75, 3.05) is 0 Å². The highest BCUT2D eigenvalue weighted by Crippen LogP contribution is 2.37. The normalized spacial score (nSPS) is 10.4. The third-order valence-corrected chi connectivity index (χ3v) is 3.76. The summed E-state index contributed by atoms with van der Waals surface area (Å²) in [7, 11) is 0. The second kappa shape index (κ2) is 4.95. The SMILES string of the molecule is O=Cc1ccc(Sc2cccc(Cl)c2Cl)o1. The Hall–Kier alpha value is -0.900. The minimum Gasteiger partial charge on any atom is -0.447 e. The molecular weight excluding hydrogens is 267 g/mol. The molecule has 2 rings (SSSR count). The van der Waals surface area contributed by atoms with Crippen LogP contribution >= 0.6 is 35.0 Å². The lowest BCUT2D eigenvalue weighted by molar-refractivity contribution is 0.109. The standard InChI is InChI=1S/C11H6Cl2O2S/c12-8-2-1-3-9(11(8)13)16-10-5-4-7(6-14)15-10/h1-6H. The van der Waals surface area contributed by atoms with E-state index < -0.39 is 0 Å². The van der Waals surface area contributed by atoms with Gasteiger partial charge in [0.2, 0.25) is 0 Å². The van der Waals surface area contributed by atoms with E-state index in [0.717, 1.165) is 4.90 Å². The fraction of sp³-hybridized carbons (Fsp3) is 0. The van der Waals surface area contributed by atoms with Crippen LogP contribution in [0.2, 0.25) is 10.0 Å². The van der Waals surface area contributed by atoms with E-state index >= 15 is 0 Å². The first kappa shape index (κ1) is 11.6. The number of carbonyl (C=O) groups is 1. The van der Waals surface area contributed by atoms with E-state index in [4.69, 9.17) is 27.6 Å². The van der Waals surface area contributed by atoms with Gasteiger partial charge >= 0.3 is 0 Å². The minimum absolute atomic E-state index is 0.292. The monoisotopic (exact) mass is 272 g/mol. The van der Waals surface area contributed by atoms with Crippen molar-refractivity contribution in [1.82, 2.24) is 0 Å². The summed E-state index contributed by atoms with van der Waals surface area (Å²) in [4.78, 5) is 11.2. The number of aldehydes is 1. The number of rotatable bonds is 3. The molecule has 0 fully saturated rings. The van der Waals surface area contributed by atoms with Gasteiger partial charge in [0, 0.05) is 4.90 Å². The second-order valence-electron chi connectivity index (χ2n) is 2.93. The molecule has 0 spiro atoms. The van der Waals surface area contributed by atoms with Gasteiger partial charge in [0.05, 0.1) is 10.0 Å². The molecule has 1 aromatic heterocycles. The molecule has 0 unspecified atom stereocenters. The molecule has 0 atom stereocenters. The van der Waals surface area contributed by atoms with Crippen LogP contribution in [0.5, 0.6) is 0 Å².